The van der Waals surface area contributed by atoms with Gasteiger partial charge in [0.15, 0.2) is 9.84 Å². The number of thiazole rings is 1. The molecule has 1 aromatic rings. The van der Waals surface area contributed by atoms with Crippen molar-refractivity contribution in [1.82, 2.24) is 4.98 Å². The Bertz CT molecular complexity index is 478. The molecule has 0 aliphatic rings. The van der Waals surface area contributed by atoms with Gasteiger partial charge in [0.1, 0.15) is 10.8 Å². The smallest absolute Gasteiger partial charge is 0.156 e. The molecule has 6 heteroatoms. The number of aromatic nitrogens is 1. The van der Waals surface area contributed by atoms with Gasteiger partial charge in [-0.2, -0.15) is 0 Å². The molecule has 0 aliphatic heterocycles. The molecule has 4 nitrogen and oxygen atoms in total. The maximum Gasteiger partial charge on any atom is 0.156 e. The van der Waals surface area contributed by atoms with Crippen molar-refractivity contribution in [2.45, 2.75) is 51.8 Å². The highest BCUT2D eigenvalue weighted by molar-refractivity contribution is 7.90. The second-order valence-electron chi connectivity index (χ2n) is 4.55. The SMILES string of the molecule is CCCc1nc(CS(=O)(=O)CCC)sc1C(C)N. The minimum atomic E-state index is -3.02. The Kier molecular flexibility index (Phi) is 5.75. The van der Waals surface area contributed by atoms with Crippen LogP contribution in [0, 0.1) is 0 Å². The van der Waals surface area contributed by atoms with Crippen molar-refractivity contribution in [1.29, 1.82) is 0 Å². The van der Waals surface area contributed by atoms with Crippen molar-refractivity contribution in [3.05, 3.63) is 15.6 Å². The number of nitrogens with zero attached hydrogens (tertiary/aromatic N) is 1. The molecule has 1 rings (SSSR count). The maximum absolute atomic E-state index is 11.8. The molecule has 0 spiro atoms. The molecule has 1 atom stereocenters. The second-order valence-corrected chi connectivity index (χ2v) is 7.85. The van der Waals surface area contributed by atoms with E-state index < -0.39 is 9.84 Å². The van der Waals surface area contributed by atoms with Crippen LogP contribution >= 0.6 is 11.3 Å². The third-order valence-electron chi connectivity index (χ3n) is 2.53. The molecule has 1 aromatic heterocycles. The van der Waals surface area contributed by atoms with E-state index in [9.17, 15) is 8.42 Å². The van der Waals surface area contributed by atoms with Crippen LogP contribution in [0.5, 0.6) is 0 Å². The summed E-state index contributed by atoms with van der Waals surface area (Å²) in [6, 6.07) is -0.0771. The fourth-order valence-electron chi connectivity index (χ4n) is 1.82. The van der Waals surface area contributed by atoms with E-state index >= 15 is 0 Å². The molecule has 0 radical (unpaired) electrons. The van der Waals surface area contributed by atoms with E-state index in [1.165, 1.54) is 11.3 Å². The van der Waals surface area contributed by atoms with Gasteiger partial charge in [0, 0.05) is 10.9 Å². The van der Waals surface area contributed by atoms with Crippen molar-refractivity contribution in [3.8, 4) is 0 Å². The molecule has 0 saturated heterocycles. The topological polar surface area (TPSA) is 73.0 Å². The highest BCUT2D eigenvalue weighted by Gasteiger charge is 2.18. The van der Waals surface area contributed by atoms with Gasteiger partial charge in [-0.1, -0.05) is 20.3 Å². The first-order valence-corrected chi connectivity index (χ1v) is 8.97. The molecule has 0 aromatic carbocycles. The Morgan fingerprint density at radius 3 is 2.50 bits per heavy atom. The van der Waals surface area contributed by atoms with Crippen LogP contribution in [0.15, 0.2) is 0 Å². The number of nitrogens with two attached hydrogens (primary N) is 1. The Balaban J connectivity index is 2.94. The van der Waals surface area contributed by atoms with Crippen LogP contribution in [0.2, 0.25) is 0 Å². The van der Waals surface area contributed by atoms with Crippen molar-refractivity contribution < 1.29 is 8.42 Å². The van der Waals surface area contributed by atoms with Crippen LogP contribution in [-0.4, -0.2) is 19.2 Å². The van der Waals surface area contributed by atoms with Crippen molar-refractivity contribution in [2.75, 3.05) is 5.75 Å². The van der Waals surface area contributed by atoms with Crippen LogP contribution in [-0.2, 0) is 22.0 Å². The van der Waals surface area contributed by atoms with Crippen LogP contribution in [0.25, 0.3) is 0 Å². The van der Waals surface area contributed by atoms with Gasteiger partial charge in [0.2, 0.25) is 0 Å². The van der Waals surface area contributed by atoms with E-state index in [0.717, 1.165) is 23.4 Å². The zero-order valence-corrected chi connectivity index (χ0v) is 12.9. The van der Waals surface area contributed by atoms with E-state index in [1.54, 1.807) is 0 Å². The van der Waals surface area contributed by atoms with Crippen molar-refractivity contribution >= 4 is 21.2 Å². The van der Waals surface area contributed by atoms with E-state index in [0.29, 0.717) is 11.4 Å². The summed E-state index contributed by atoms with van der Waals surface area (Å²) in [5.41, 5.74) is 6.87. The van der Waals surface area contributed by atoms with Gasteiger partial charge in [-0.25, -0.2) is 13.4 Å². The highest BCUT2D eigenvalue weighted by Crippen LogP contribution is 2.26. The summed E-state index contributed by atoms with van der Waals surface area (Å²) in [6.07, 6.45) is 2.50. The molecule has 104 valence electrons. The lowest BCUT2D eigenvalue weighted by Gasteiger charge is -2.03. The molecule has 2 N–H and O–H groups in total. The van der Waals surface area contributed by atoms with E-state index in [2.05, 4.69) is 11.9 Å². The van der Waals surface area contributed by atoms with E-state index in [-0.39, 0.29) is 17.5 Å². The van der Waals surface area contributed by atoms with E-state index in [4.69, 9.17) is 5.73 Å². The lowest BCUT2D eigenvalue weighted by Crippen LogP contribution is -2.08. The molecule has 1 unspecified atom stereocenters. The van der Waals surface area contributed by atoms with Crippen LogP contribution in [0.1, 0.15) is 55.2 Å². The van der Waals surface area contributed by atoms with Gasteiger partial charge in [-0.3, -0.25) is 0 Å². The molecule has 18 heavy (non-hydrogen) atoms. The average molecular weight is 290 g/mol. The largest absolute Gasteiger partial charge is 0.323 e. The first-order chi connectivity index (χ1) is 8.39. The van der Waals surface area contributed by atoms with Crippen molar-refractivity contribution in [3.63, 3.8) is 0 Å². The van der Waals surface area contributed by atoms with Gasteiger partial charge >= 0.3 is 0 Å². The number of aryl methyl sites for hydroxylation is 1. The third-order valence-corrected chi connectivity index (χ3v) is 5.76. The number of rotatable bonds is 7. The van der Waals surface area contributed by atoms with Gasteiger partial charge in [0.25, 0.3) is 0 Å². The summed E-state index contributed by atoms with van der Waals surface area (Å²) in [4.78, 5) is 5.47. The predicted octanol–water partition coefficient (Wildman–Crippen LogP) is 2.44. The average Bonchev–Trinajstić information content (AvgIpc) is 2.60. The lowest BCUT2D eigenvalue weighted by atomic mass is 10.2. The Morgan fingerprint density at radius 1 is 1.33 bits per heavy atom. The molecular weight excluding hydrogens is 268 g/mol. The van der Waals surface area contributed by atoms with Crippen LogP contribution in [0.4, 0.5) is 0 Å². The minimum absolute atomic E-state index is 0.0505. The van der Waals surface area contributed by atoms with Gasteiger partial charge in [-0.15, -0.1) is 11.3 Å². The van der Waals surface area contributed by atoms with Crippen LogP contribution < -0.4 is 5.73 Å². The van der Waals surface area contributed by atoms with Gasteiger partial charge in [-0.05, 0) is 19.8 Å². The first kappa shape index (κ1) is 15.6. The summed E-state index contributed by atoms with van der Waals surface area (Å²) in [5.74, 6) is 0.276. The summed E-state index contributed by atoms with van der Waals surface area (Å²) < 4.78 is 23.6. The normalized spacial score (nSPS) is 13.8. The number of hydrogen-bond acceptors (Lipinski definition) is 5. The number of hydrogen-bond donors (Lipinski definition) is 1. The Morgan fingerprint density at radius 2 is 2.00 bits per heavy atom. The lowest BCUT2D eigenvalue weighted by molar-refractivity contribution is 0.593. The van der Waals surface area contributed by atoms with Gasteiger partial charge < -0.3 is 5.73 Å². The fourth-order valence-corrected chi connectivity index (χ4v) is 4.66. The zero-order valence-electron chi connectivity index (χ0n) is 11.3. The monoisotopic (exact) mass is 290 g/mol. The van der Waals surface area contributed by atoms with E-state index in [1.807, 2.05) is 13.8 Å². The molecule has 0 bridgehead atoms. The molecule has 0 aliphatic carbocycles. The summed E-state index contributed by atoms with van der Waals surface area (Å²) in [5, 5.41) is 0.680. The van der Waals surface area contributed by atoms with Crippen LogP contribution in [0.3, 0.4) is 0 Å². The summed E-state index contributed by atoms with van der Waals surface area (Å²) >= 11 is 1.45. The Hall–Kier alpha value is -0.460. The molecular formula is C12H22N2O2S2. The highest BCUT2D eigenvalue weighted by atomic mass is 32.2. The second kappa shape index (κ2) is 6.63. The standard InChI is InChI=1S/C12H22N2O2S2/c1-4-6-10-12(9(3)13)17-11(14-10)8-18(15,16)7-5-2/h9H,4-8,13H2,1-3H3. The predicted molar refractivity (Wildman–Crippen MR) is 76.5 cm³/mol. The summed E-state index contributed by atoms with van der Waals surface area (Å²) in [6.45, 7) is 5.87. The summed E-state index contributed by atoms with van der Waals surface area (Å²) in [7, 11) is -3.02. The first-order valence-electron chi connectivity index (χ1n) is 6.34. The third kappa shape index (κ3) is 4.33. The molecule has 0 saturated carbocycles. The zero-order chi connectivity index (χ0) is 13.8. The minimum Gasteiger partial charge on any atom is -0.323 e. The van der Waals surface area contributed by atoms with Crippen molar-refractivity contribution in [2.24, 2.45) is 5.73 Å². The maximum atomic E-state index is 11.8. The number of sulfone groups is 1. The van der Waals surface area contributed by atoms with Gasteiger partial charge in [0.05, 0.1) is 11.4 Å². The Labute approximate surface area is 114 Å². The molecule has 1 heterocycles. The molecule has 0 amide bonds. The quantitative estimate of drug-likeness (QED) is 0.837. The molecule has 0 fully saturated rings. The fraction of sp³-hybridized carbons (Fsp3) is 0.750.